The summed E-state index contributed by atoms with van der Waals surface area (Å²) >= 11 is 1.63. The molecule has 0 N–H and O–H groups in total. The van der Waals surface area contributed by atoms with Crippen molar-refractivity contribution in [2.45, 2.75) is 4.90 Å². The summed E-state index contributed by atoms with van der Waals surface area (Å²) < 4.78 is 5.35. The van der Waals surface area contributed by atoms with Gasteiger partial charge in [-0.1, -0.05) is 12.1 Å². The second-order valence-corrected chi connectivity index (χ2v) is 4.85. The molecule has 3 nitrogen and oxygen atoms in total. The van der Waals surface area contributed by atoms with E-state index in [4.69, 9.17) is 4.74 Å². The molecule has 1 aromatic heterocycles. The number of aromatic nitrogens is 1. The highest BCUT2D eigenvalue weighted by Crippen LogP contribution is 2.29. The van der Waals surface area contributed by atoms with E-state index in [-0.39, 0.29) is 0 Å². The van der Waals surface area contributed by atoms with E-state index >= 15 is 0 Å². The molecule has 2 rings (SSSR count). The summed E-state index contributed by atoms with van der Waals surface area (Å²) in [6, 6.07) is 13.6. The van der Waals surface area contributed by atoms with Crippen molar-refractivity contribution in [1.82, 2.24) is 4.98 Å². The Labute approximate surface area is 122 Å². The summed E-state index contributed by atoms with van der Waals surface area (Å²) in [6.07, 6.45) is 5.49. The molecule has 1 aromatic carbocycles. The zero-order valence-corrected chi connectivity index (χ0v) is 12.1. The molecule has 0 radical (unpaired) electrons. The lowest BCUT2D eigenvalue weighted by molar-refractivity contribution is 0.405. The number of rotatable bonds is 4. The standard InChI is InChI=1S/C16H14N2OS/c1-19-15-10-12(6-7-16(15)20-2)9-13(11-17)14-5-3-4-8-18-14/h3-10H,1-2H3/b13-9+. The van der Waals surface area contributed by atoms with E-state index in [0.29, 0.717) is 11.3 Å². The third-order valence-corrected chi connectivity index (χ3v) is 3.56. The lowest BCUT2D eigenvalue weighted by Crippen LogP contribution is -1.89. The van der Waals surface area contributed by atoms with Crippen LogP contribution in [-0.2, 0) is 0 Å². The van der Waals surface area contributed by atoms with Crippen LogP contribution < -0.4 is 4.74 Å². The van der Waals surface area contributed by atoms with Crippen molar-refractivity contribution in [3.8, 4) is 11.8 Å². The van der Waals surface area contributed by atoms with Gasteiger partial charge in [-0.2, -0.15) is 5.26 Å². The second-order valence-electron chi connectivity index (χ2n) is 4.00. The van der Waals surface area contributed by atoms with Gasteiger partial charge in [0, 0.05) is 11.1 Å². The average Bonchev–Trinajstić information content (AvgIpc) is 2.53. The SMILES string of the molecule is COc1cc(/C=C(\C#N)c2ccccn2)ccc1SC. The van der Waals surface area contributed by atoms with E-state index in [0.717, 1.165) is 16.2 Å². The summed E-state index contributed by atoms with van der Waals surface area (Å²) in [5.41, 5.74) is 2.12. The molecule has 0 atom stereocenters. The van der Waals surface area contributed by atoms with Crippen LogP contribution in [0.3, 0.4) is 0 Å². The fourth-order valence-electron chi connectivity index (χ4n) is 1.79. The molecule has 0 unspecified atom stereocenters. The van der Waals surface area contributed by atoms with E-state index < -0.39 is 0 Å². The Hall–Kier alpha value is -2.25. The summed E-state index contributed by atoms with van der Waals surface area (Å²) in [4.78, 5) is 5.27. The average molecular weight is 282 g/mol. The van der Waals surface area contributed by atoms with Gasteiger partial charge in [0.2, 0.25) is 0 Å². The van der Waals surface area contributed by atoms with Crippen LogP contribution in [0.2, 0.25) is 0 Å². The Morgan fingerprint density at radius 1 is 1.35 bits per heavy atom. The van der Waals surface area contributed by atoms with Crippen molar-refractivity contribution in [2.24, 2.45) is 0 Å². The van der Waals surface area contributed by atoms with Crippen molar-refractivity contribution in [1.29, 1.82) is 5.26 Å². The number of methoxy groups -OCH3 is 1. The molecule has 0 aliphatic carbocycles. The van der Waals surface area contributed by atoms with E-state index in [1.165, 1.54) is 0 Å². The number of nitriles is 1. The van der Waals surface area contributed by atoms with Gasteiger partial charge in [-0.15, -0.1) is 11.8 Å². The number of nitrogens with zero attached hydrogens (tertiary/aromatic N) is 2. The first kappa shape index (κ1) is 14.2. The molecule has 0 aliphatic heterocycles. The Balaban J connectivity index is 2.41. The van der Waals surface area contributed by atoms with Gasteiger partial charge >= 0.3 is 0 Å². The number of benzene rings is 1. The minimum Gasteiger partial charge on any atom is -0.496 e. The maximum Gasteiger partial charge on any atom is 0.132 e. The number of pyridine rings is 1. The molecule has 0 bridgehead atoms. The summed E-state index contributed by atoms with van der Waals surface area (Å²) in [6.45, 7) is 0. The zero-order chi connectivity index (χ0) is 14.4. The Morgan fingerprint density at radius 2 is 2.20 bits per heavy atom. The molecule has 0 saturated heterocycles. The van der Waals surface area contributed by atoms with Crippen LogP contribution in [0.25, 0.3) is 11.6 Å². The van der Waals surface area contributed by atoms with Crippen LogP contribution in [0.5, 0.6) is 5.75 Å². The lowest BCUT2D eigenvalue weighted by Gasteiger charge is -2.07. The summed E-state index contributed by atoms with van der Waals surface area (Å²) in [5.74, 6) is 0.810. The molecule has 0 spiro atoms. The highest BCUT2D eigenvalue weighted by Gasteiger charge is 2.05. The lowest BCUT2D eigenvalue weighted by atomic mass is 10.1. The van der Waals surface area contributed by atoms with Crippen molar-refractivity contribution < 1.29 is 4.74 Å². The van der Waals surface area contributed by atoms with Gasteiger partial charge in [0.25, 0.3) is 0 Å². The maximum atomic E-state index is 9.27. The highest BCUT2D eigenvalue weighted by atomic mass is 32.2. The number of ether oxygens (including phenoxy) is 1. The molecule has 0 fully saturated rings. The molecule has 0 aliphatic rings. The zero-order valence-electron chi connectivity index (χ0n) is 11.3. The van der Waals surface area contributed by atoms with Gasteiger partial charge in [0.1, 0.15) is 11.8 Å². The third-order valence-electron chi connectivity index (χ3n) is 2.78. The van der Waals surface area contributed by atoms with Crippen LogP contribution in [-0.4, -0.2) is 18.3 Å². The van der Waals surface area contributed by atoms with Crippen LogP contribution >= 0.6 is 11.8 Å². The predicted molar refractivity (Wildman–Crippen MR) is 82.5 cm³/mol. The fourth-order valence-corrected chi connectivity index (χ4v) is 2.34. The van der Waals surface area contributed by atoms with Gasteiger partial charge in [-0.25, -0.2) is 0 Å². The summed E-state index contributed by atoms with van der Waals surface area (Å²) in [5, 5.41) is 9.27. The minimum atomic E-state index is 0.532. The second kappa shape index (κ2) is 6.78. The molecular formula is C16H14N2OS. The molecular weight excluding hydrogens is 268 g/mol. The molecule has 2 aromatic rings. The van der Waals surface area contributed by atoms with Crippen LogP contribution in [0.4, 0.5) is 0 Å². The van der Waals surface area contributed by atoms with Crippen molar-refractivity contribution in [3.05, 3.63) is 53.9 Å². The normalized spacial score (nSPS) is 10.9. The van der Waals surface area contributed by atoms with Gasteiger partial charge in [0.05, 0.1) is 18.4 Å². The van der Waals surface area contributed by atoms with Crippen LogP contribution in [0.15, 0.2) is 47.5 Å². The monoisotopic (exact) mass is 282 g/mol. The van der Waals surface area contributed by atoms with E-state index in [9.17, 15) is 5.26 Å². The van der Waals surface area contributed by atoms with Gasteiger partial charge in [-0.05, 0) is 42.2 Å². The molecule has 100 valence electrons. The molecule has 20 heavy (non-hydrogen) atoms. The third kappa shape index (κ3) is 3.19. The smallest absolute Gasteiger partial charge is 0.132 e. The van der Waals surface area contributed by atoms with E-state index in [2.05, 4.69) is 11.1 Å². The molecule has 0 saturated carbocycles. The van der Waals surface area contributed by atoms with E-state index in [1.54, 1.807) is 25.1 Å². The first-order valence-corrected chi connectivity index (χ1v) is 7.26. The Bertz CT molecular complexity index is 660. The van der Waals surface area contributed by atoms with Gasteiger partial charge < -0.3 is 4.74 Å². The van der Waals surface area contributed by atoms with Crippen molar-refractivity contribution in [3.63, 3.8) is 0 Å². The predicted octanol–water partition coefficient (Wildman–Crippen LogP) is 3.88. The Morgan fingerprint density at radius 3 is 2.80 bits per heavy atom. The number of hydrogen-bond acceptors (Lipinski definition) is 4. The van der Waals surface area contributed by atoms with Gasteiger partial charge in [0.15, 0.2) is 0 Å². The Kier molecular flexibility index (Phi) is 4.80. The maximum absolute atomic E-state index is 9.27. The molecule has 1 heterocycles. The van der Waals surface area contributed by atoms with E-state index in [1.807, 2.05) is 48.7 Å². The molecule has 0 amide bonds. The van der Waals surface area contributed by atoms with Gasteiger partial charge in [-0.3, -0.25) is 4.98 Å². The molecule has 4 heteroatoms. The fraction of sp³-hybridized carbons (Fsp3) is 0.125. The van der Waals surface area contributed by atoms with Crippen molar-refractivity contribution >= 4 is 23.4 Å². The number of thioether (sulfide) groups is 1. The number of hydrogen-bond donors (Lipinski definition) is 0. The van der Waals surface area contributed by atoms with Crippen LogP contribution in [0, 0.1) is 11.3 Å². The first-order valence-electron chi connectivity index (χ1n) is 6.03. The first-order chi connectivity index (χ1) is 9.78. The quantitative estimate of drug-likeness (QED) is 0.630. The summed E-state index contributed by atoms with van der Waals surface area (Å²) in [7, 11) is 1.65. The van der Waals surface area contributed by atoms with Crippen molar-refractivity contribution in [2.75, 3.05) is 13.4 Å². The number of allylic oxidation sites excluding steroid dienone is 1. The minimum absolute atomic E-state index is 0.532. The van der Waals surface area contributed by atoms with Crippen LogP contribution in [0.1, 0.15) is 11.3 Å². The highest BCUT2D eigenvalue weighted by molar-refractivity contribution is 7.98. The largest absolute Gasteiger partial charge is 0.496 e. The topological polar surface area (TPSA) is 45.9 Å².